The number of hydrogen-bond donors (Lipinski definition) is 1. The molecule has 1 aromatic heterocycles. The zero-order valence-corrected chi connectivity index (χ0v) is 11.5. The maximum atomic E-state index is 5.71. The van der Waals surface area contributed by atoms with Crippen molar-refractivity contribution in [3.8, 4) is 0 Å². The van der Waals surface area contributed by atoms with E-state index in [9.17, 15) is 0 Å². The largest absolute Gasteiger partial charge is 0.465 e. The van der Waals surface area contributed by atoms with E-state index in [1.807, 2.05) is 6.92 Å². The fourth-order valence-corrected chi connectivity index (χ4v) is 3.20. The van der Waals surface area contributed by atoms with Crippen LogP contribution in [0.3, 0.4) is 0 Å². The SMILES string of the molecule is Cc1ccc(CN2CCCNC(C)(C3CC3)C2)o1. The minimum atomic E-state index is 0.318. The number of rotatable bonds is 3. The van der Waals surface area contributed by atoms with Crippen molar-refractivity contribution in [1.82, 2.24) is 10.2 Å². The topological polar surface area (TPSA) is 28.4 Å². The molecule has 3 rings (SSSR count). The van der Waals surface area contributed by atoms with Crippen LogP contribution in [-0.4, -0.2) is 30.1 Å². The second-order valence-corrected chi connectivity index (χ2v) is 6.20. The molecular weight excluding hydrogens is 224 g/mol. The lowest BCUT2D eigenvalue weighted by Crippen LogP contribution is -2.50. The molecule has 0 bridgehead atoms. The van der Waals surface area contributed by atoms with Gasteiger partial charge in [-0.05, 0) is 64.3 Å². The normalized spacial score (nSPS) is 30.3. The van der Waals surface area contributed by atoms with Crippen molar-refractivity contribution in [2.75, 3.05) is 19.6 Å². The van der Waals surface area contributed by atoms with Crippen molar-refractivity contribution in [2.45, 2.75) is 45.2 Å². The van der Waals surface area contributed by atoms with Gasteiger partial charge in [0.1, 0.15) is 11.5 Å². The number of nitrogens with zero attached hydrogens (tertiary/aromatic N) is 1. The second kappa shape index (κ2) is 4.71. The summed E-state index contributed by atoms with van der Waals surface area (Å²) in [6.07, 6.45) is 4.04. The predicted molar refractivity (Wildman–Crippen MR) is 72.5 cm³/mol. The fraction of sp³-hybridized carbons (Fsp3) is 0.733. The molecule has 1 unspecified atom stereocenters. The highest BCUT2D eigenvalue weighted by Crippen LogP contribution is 2.40. The summed E-state index contributed by atoms with van der Waals surface area (Å²) in [4.78, 5) is 2.55. The Morgan fingerprint density at radius 3 is 2.94 bits per heavy atom. The molecule has 1 saturated heterocycles. The van der Waals surface area contributed by atoms with Crippen LogP contribution < -0.4 is 5.32 Å². The molecule has 1 aliphatic heterocycles. The summed E-state index contributed by atoms with van der Waals surface area (Å²) in [6.45, 7) is 8.85. The maximum Gasteiger partial charge on any atom is 0.118 e. The standard InChI is InChI=1S/C15H24N2O/c1-12-4-7-14(18-12)10-17-9-3-8-16-15(2,11-17)13-5-6-13/h4,7,13,16H,3,5-6,8-11H2,1-2H3. The van der Waals surface area contributed by atoms with Gasteiger partial charge in [-0.15, -0.1) is 0 Å². The minimum absolute atomic E-state index is 0.318. The van der Waals surface area contributed by atoms with E-state index in [-0.39, 0.29) is 0 Å². The fourth-order valence-electron chi connectivity index (χ4n) is 3.20. The van der Waals surface area contributed by atoms with Gasteiger partial charge in [0.25, 0.3) is 0 Å². The summed E-state index contributed by atoms with van der Waals surface area (Å²) in [7, 11) is 0. The molecule has 1 aliphatic carbocycles. The molecule has 3 nitrogen and oxygen atoms in total. The Hall–Kier alpha value is -0.800. The van der Waals surface area contributed by atoms with Gasteiger partial charge in [0.05, 0.1) is 6.54 Å². The molecule has 0 spiro atoms. The highest BCUT2D eigenvalue weighted by molar-refractivity contribution is 5.07. The van der Waals surface area contributed by atoms with Crippen LogP contribution in [0.1, 0.15) is 37.7 Å². The van der Waals surface area contributed by atoms with Crippen molar-refractivity contribution in [1.29, 1.82) is 0 Å². The van der Waals surface area contributed by atoms with Gasteiger partial charge in [0.15, 0.2) is 0 Å². The van der Waals surface area contributed by atoms with Gasteiger partial charge >= 0.3 is 0 Å². The summed E-state index contributed by atoms with van der Waals surface area (Å²) in [5.74, 6) is 3.01. The second-order valence-electron chi connectivity index (χ2n) is 6.20. The third-order valence-corrected chi connectivity index (χ3v) is 4.39. The van der Waals surface area contributed by atoms with Crippen molar-refractivity contribution in [2.24, 2.45) is 5.92 Å². The number of furan rings is 1. The van der Waals surface area contributed by atoms with Crippen LogP contribution in [0.25, 0.3) is 0 Å². The van der Waals surface area contributed by atoms with Crippen LogP contribution in [-0.2, 0) is 6.54 Å². The highest BCUT2D eigenvalue weighted by Gasteiger charge is 2.42. The van der Waals surface area contributed by atoms with Crippen LogP contribution in [0.5, 0.6) is 0 Å². The van der Waals surface area contributed by atoms with E-state index in [2.05, 4.69) is 29.3 Å². The average Bonchev–Trinajstić information content (AvgIpc) is 3.11. The minimum Gasteiger partial charge on any atom is -0.465 e. The van der Waals surface area contributed by atoms with Crippen LogP contribution >= 0.6 is 0 Å². The Kier molecular flexibility index (Phi) is 3.20. The molecule has 100 valence electrons. The van der Waals surface area contributed by atoms with Gasteiger partial charge in [-0.1, -0.05) is 0 Å². The lowest BCUT2D eigenvalue weighted by atomic mass is 9.95. The Balaban J connectivity index is 1.67. The third kappa shape index (κ3) is 2.62. The van der Waals surface area contributed by atoms with E-state index in [1.54, 1.807) is 0 Å². The summed E-state index contributed by atoms with van der Waals surface area (Å²) in [5, 5.41) is 3.77. The van der Waals surface area contributed by atoms with Crippen LogP contribution in [0.15, 0.2) is 16.5 Å². The number of nitrogens with one attached hydrogen (secondary N) is 1. The Morgan fingerprint density at radius 2 is 2.28 bits per heavy atom. The number of aryl methyl sites for hydroxylation is 1. The molecule has 2 heterocycles. The monoisotopic (exact) mass is 248 g/mol. The summed E-state index contributed by atoms with van der Waals surface area (Å²) in [5.41, 5.74) is 0.318. The average molecular weight is 248 g/mol. The molecular formula is C15H24N2O. The molecule has 2 fully saturated rings. The van der Waals surface area contributed by atoms with E-state index in [0.717, 1.165) is 37.1 Å². The maximum absolute atomic E-state index is 5.71. The molecule has 0 amide bonds. The smallest absolute Gasteiger partial charge is 0.118 e. The molecule has 3 heteroatoms. The quantitative estimate of drug-likeness (QED) is 0.891. The highest BCUT2D eigenvalue weighted by atomic mass is 16.3. The molecule has 2 aliphatic rings. The molecule has 1 atom stereocenters. The van der Waals surface area contributed by atoms with E-state index >= 15 is 0 Å². The first-order chi connectivity index (χ1) is 8.66. The van der Waals surface area contributed by atoms with Gasteiger partial charge in [0, 0.05) is 12.1 Å². The van der Waals surface area contributed by atoms with Crippen molar-refractivity contribution < 1.29 is 4.42 Å². The van der Waals surface area contributed by atoms with E-state index < -0.39 is 0 Å². The first kappa shape index (κ1) is 12.2. The molecule has 1 N–H and O–H groups in total. The molecule has 1 saturated carbocycles. The summed E-state index contributed by atoms with van der Waals surface area (Å²) >= 11 is 0. The van der Waals surface area contributed by atoms with Gasteiger partial charge in [-0.2, -0.15) is 0 Å². The van der Waals surface area contributed by atoms with Gasteiger partial charge in [0.2, 0.25) is 0 Å². The van der Waals surface area contributed by atoms with Crippen LogP contribution in [0, 0.1) is 12.8 Å². The molecule has 1 aromatic rings. The van der Waals surface area contributed by atoms with Crippen LogP contribution in [0.4, 0.5) is 0 Å². The number of hydrogen-bond acceptors (Lipinski definition) is 3. The predicted octanol–water partition coefficient (Wildman–Crippen LogP) is 2.55. The molecule has 18 heavy (non-hydrogen) atoms. The summed E-state index contributed by atoms with van der Waals surface area (Å²) in [6, 6.07) is 4.17. The van der Waals surface area contributed by atoms with Crippen molar-refractivity contribution in [3.63, 3.8) is 0 Å². The lowest BCUT2D eigenvalue weighted by Gasteiger charge is -2.33. The van der Waals surface area contributed by atoms with Crippen LogP contribution in [0.2, 0.25) is 0 Å². The zero-order valence-electron chi connectivity index (χ0n) is 11.5. The molecule has 0 aromatic carbocycles. The van der Waals surface area contributed by atoms with E-state index in [1.165, 1.54) is 25.8 Å². The first-order valence-electron chi connectivity index (χ1n) is 7.18. The van der Waals surface area contributed by atoms with Gasteiger partial charge < -0.3 is 9.73 Å². The van der Waals surface area contributed by atoms with Crippen molar-refractivity contribution >= 4 is 0 Å². The Labute approximate surface area is 110 Å². The zero-order chi connectivity index (χ0) is 12.6. The Bertz CT molecular complexity index is 410. The third-order valence-electron chi connectivity index (χ3n) is 4.39. The van der Waals surface area contributed by atoms with Gasteiger partial charge in [-0.25, -0.2) is 0 Å². The van der Waals surface area contributed by atoms with Crippen molar-refractivity contribution in [3.05, 3.63) is 23.7 Å². The Morgan fingerprint density at radius 1 is 1.44 bits per heavy atom. The van der Waals surface area contributed by atoms with E-state index in [0.29, 0.717) is 5.54 Å². The summed E-state index contributed by atoms with van der Waals surface area (Å²) < 4.78 is 5.71. The molecule has 0 radical (unpaired) electrons. The van der Waals surface area contributed by atoms with E-state index in [4.69, 9.17) is 4.42 Å². The lowest BCUT2D eigenvalue weighted by molar-refractivity contribution is 0.183. The first-order valence-corrected chi connectivity index (χ1v) is 7.18. The van der Waals surface area contributed by atoms with Gasteiger partial charge in [-0.3, -0.25) is 4.90 Å².